The summed E-state index contributed by atoms with van der Waals surface area (Å²) in [6, 6.07) is 1.97. The average molecular weight is 207 g/mol. The first-order chi connectivity index (χ1) is 6.88. The molecule has 0 saturated carbocycles. The summed E-state index contributed by atoms with van der Waals surface area (Å²) in [6.07, 6.45) is 5.30. The van der Waals surface area contributed by atoms with Crippen LogP contribution in [-0.4, -0.2) is 11.0 Å². The fourth-order valence-electron chi connectivity index (χ4n) is 1.75. The van der Waals surface area contributed by atoms with Crippen LogP contribution in [0.4, 0.5) is 5.69 Å². The summed E-state index contributed by atoms with van der Waals surface area (Å²) in [5.41, 5.74) is 14.0. The first kappa shape index (κ1) is 12.0. The average Bonchev–Trinajstić information content (AvgIpc) is 2.05. The van der Waals surface area contributed by atoms with E-state index < -0.39 is 0 Å². The van der Waals surface area contributed by atoms with Crippen LogP contribution < -0.4 is 11.5 Å². The van der Waals surface area contributed by atoms with E-state index in [4.69, 9.17) is 11.5 Å². The lowest BCUT2D eigenvalue weighted by molar-refractivity contribution is 0.338. The van der Waals surface area contributed by atoms with Gasteiger partial charge in [-0.3, -0.25) is 4.98 Å². The van der Waals surface area contributed by atoms with Gasteiger partial charge < -0.3 is 11.5 Å². The number of aromatic nitrogens is 1. The van der Waals surface area contributed by atoms with E-state index in [1.54, 1.807) is 12.4 Å². The van der Waals surface area contributed by atoms with E-state index in [-0.39, 0.29) is 11.5 Å². The molecule has 0 aromatic carbocycles. The number of pyridine rings is 1. The molecule has 1 aromatic rings. The fourth-order valence-corrected chi connectivity index (χ4v) is 1.75. The molecule has 1 unspecified atom stereocenters. The molecule has 0 saturated heterocycles. The minimum Gasteiger partial charge on any atom is -0.398 e. The second-order valence-electron chi connectivity index (χ2n) is 5.30. The van der Waals surface area contributed by atoms with Crippen molar-refractivity contribution in [3.05, 3.63) is 24.0 Å². The van der Waals surface area contributed by atoms with Gasteiger partial charge >= 0.3 is 0 Å². The van der Waals surface area contributed by atoms with E-state index in [1.807, 2.05) is 6.07 Å². The Morgan fingerprint density at radius 1 is 1.40 bits per heavy atom. The van der Waals surface area contributed by atoms with Crippen molar-refractivity contribution in [2.24, 2.45) is 11.1 Å². The van der Waals surface area contributed by atoms with Crippen LogP contribution >= 0.6 is 0 Å². The Morgan fingerprint density at radius 2 is 2.07 bits per heavy atom. The van der Waals surface area contributed by atoms with Crippen molar-refractivity contribution in [2.45, 2.75) is 39.7 Å². The molecule has 0 spiro atoms. The minimum atomic E-state index is 0.150. The third-order valence-corrected chi connectivity index (χ3v) is 2.30. The summed E-state index contributed by atoms with van der Waals surface area (Å²) in [5.74, 6) is 0. The second-order valence-corrected chi connectivity index (χ2v) is 5.30. The van der Waals surface area contributed by atoms with Crippen molar-refractivity contribution in [3.8, 4) is 0 Å². The van der Waals surface area contributed by atoms with Crippen molar-refractivity contribution in [2.75, 3.05) is 5.73 Å². The molecule has 3 heteroatoms. The number of hydrogen-bond donors (Lipinski definition) is 2. The Bertz CT molecular complexity index is 315. The summed E-state index contributed by atoms with van der Waals surface area (Å²) >= 11 is 0. The van der Waals surface area contributed by atoms with Gasteiger partial charge in [0, 0.05) is 24.1 Å². The summed E-state index contributed by atoms with van der Waals surface area (Å²) in [5, 5.41) is 0. The first-order valence-corrected chi connectivity index (χ1v) is 5.32. The van der Waals surface area contributed by atoms with Gasteiger partial charge in [-0.2, -0.15) is 0 Å². The Morgan fingerprint density at radius 3 is 2.60 bits per heavy atom. The van der Waals surface area contributed by atoms with Gasteiger partial charge in [-0.05, 0) is 29.9 Å². The van der Waals surface area contributed by atoms with Gasteiger partial charge in [0.25, 0.3) is 0 Å². The van der Waals surface area contributed by atoms with Crippen LogP contribution in [0.3, 0.4) is 0 Å². The SMILES string of the molecule is CC(C)(C)CC(N)Cc1cnccc1N. The quantitative estimate of drug-likeness (QED) is 0.796. The van der Waals surface area contributed by atoms with Gasteiger partial charge in [-0.15, -0.1) is 0 Å². The first-order valence-electron chi connectivity index (χ1n) is 5.32. The van der Waals surface area contributed by atoms with Crippen LogP contribution in [0, 0.1) is 5.41 Å². The smallest absolute Gasteiger partial charge is 0.0378 e. The Hall–Kier alpha value is -1.09. The highest BCUT2D eigenvalue weighted by Gasteiger charge is 2.16. The Balaban J connectivity index is 2.59. The highest BCUT2D eigenvalue weighted by Crippen LogP contribution is 2.22. The molecule has 1 atom stereocenters. The van der Waals surface area contributed by atoms with Crippen molar-refractivity contribution in [1.29, 1.82) is 0 Å². The number of nitrogens with two attached hydrogens (primary N) is 2. The molecular weight excluding hydrogens is 186 g/mol. The van der Waals surface area contributed by atoms with Crippen LogP contribution in [0.2, 0.25) is 0 Å². The van der Waals surface area contributed by atoms with Gasteiger partial charge in [0.1, 0.15) is 0 Å². The largest absolute Gasteiger partial charge is 0.398 e. The molecule has 15 heavy (non-hydrogen) atoms. The number of nitrogens with zero attached hydrogens (tertiary/aromatic N) is 1. The lowest BCUT2D eigenvalue weighted by atomic mass is 9.86. The molecule has 3 nitrogen and oxygen atoms in total. The number of hydrogen-bond acceptors (Lipinski definition) is 3. The lowest BCUT2D eigenvalue weighted by Gasteiger charge is -2.23. The number of nitrogen functional groups attached to an aromatic ring is 1. The van der Waals surface area contributed by atoms with Crippen molar-refractivity contribution in [3.63, 3.8) is 0 Å². The van der Waals surface area contributed by atoms with E-state index in [0.29, 0.717) is 0 Å². The second kappa shape index (κ2) is 4.62. The van der Waals surface area contributed by atoms with Gasteiger partial charge in [0.15, 0.2) is 0 Å². The number of rotatable bonds is 3. The van der Waals surface area contributed by atoms with Gasteiger partial charge in [-0.1, -0.05) is 20.8 Å². The van der Waals surface area contributed by atoms with Gasteiger partial charge in [-0.25, -0.2) is 0 Å². The maximum atomic E-state index is 6.08. The van der Waals surface area contributed by atoms with E-state index in [2.05, 4.69) is 25.8 Å². The highest BCUT2D eigenvalue weighted by molar-refractivity contribution is 5.44. The van der Waals surface area contributed by atoms with Crippen LogP contribution in [0.1, 0.15) is 32.8 Å². The molecule has 0 radical (unpaired) electrons. The van der Waals surface area contributed by atoms with Crippen LogP contribution in [0.15, 0.2) is 18.5 Å². The molecule has 0 fully saturated rings. The molecule has 1 rings (SSSR count). The van der Waals surface area contributed by atoms with Gasteiger partial charge in [0.05, 0.1) is 0 Å². The molecule has 1 aromatic heterocycles. The van der Waals surface area contributed by atoms with E-state index in [1.165, 1.54) is 0 Å². The van der Waals surface area contributed by atoms with Gasteiger partial charge in [0.2, 0.25) is 0 Å². The molecule has 84 valence electrons. The molecule has 0 aliphatic carbocycles. The van der Waals surface area contributed by atoms with Crippen LogP contribution in [0.25, 0.3) is 0 Å². The summed E-state index contributed by atoms with van der Waals surface area (Å²) in [7, 11) is 0. The normalized spacial score (nSPS) is 13.9. The predicted molar refractivity (Wildman–Crippen MR) is 64.4 cm³/mol. The molecule has 0 bridgehead atoms. The summed E-state index contributed by atoms with van der Waals surface area (Å²) < 4.78 is 0. The monoisotopic (exact) mass is 207 g/mol. The van der Waals surface area contributed by atoms with Crippen LogP contribution in [0.5, 0.6) is 0 Å². The number of anilines is 1. The zero-order valence-electron chi connectivity index (χ0n) is 9.83. The third kappa shape index (κ3) is 4.30. The van der Waals surface area contributed by atoms with Crippen molar-refractivity contribution < 1.29 is 0 Å². The van der Waals surface area contributed by atoms with Crippen molar-refractivity contribution in [1.82, 2.24) is 4.98 Å². The summed E-state index contributed by atoms with van der Waals surface area (Å²) in [6.45, 7) is 6.58. The van der Waals surface area contributed by atoms with E-state index in [9.17, 15) is 0 Å². The predicted octanol–water partition coefficient (Wildman–Crippen LogP) is 1.97. The summed E-state index contributed by atoms with van der Waals surface area (Å²) in [4.78, 5) is 4.06. The topological polar surface area (TPSA) is 64.9 Å². The zero-order valence-corrected chi connectivity index (χ0v) is 9.83. The standard InChI is InChI=1S/C12H21N3/c1-12(2,3)7-10(13)6-9-8-15-5-4-11(9)14/h4-5,8,10H,6-7,13H2,1-3H3,(H2,14,15). The maximum Gasteiger partial charge on any atom is 0.0378 e. The van der Waals surface area contributed by atoms with Crippen LogP contribution in [-0.2, 0) is 6.42 Å². The van der Waals surface area contributed by atoms with E-state index >= 15 is 0 Å². The minimum absolute atomic E-state index is 0.150. The molecular formula is C12H21N3. The molecule has 0 aliphatic rings. The fraction of sp³-hybridized carbons (Fsp3) is 0.583. The third-order valence-electron chi connectivity index (χ3n) is 2.30. The molecule has 4 N–H and O–H groups in total. The molecule has 0 aliphatic heterocycles. The highest BCUT2D eigenvalue weighted by atomic mass is 14.7. The molecule has 0 amide bonds. The van der Waals surface area contributed by atoms with E-state index in [0.717, 1.165) is 24.1 Å². The lowest BCUT2D eigenvalue weighted by Crippen LogP contribution is -2.28. The maximum absolute atomic E-state index is 6.08. The Kier molecular flexibility index (Phi) is 3.69. The zero-order chi connectivity index (χ0) is 11.5. The van der Waals surface area contributed by atoms with Crippen molar-refractivity contribution >= 4 is 5.69 Å². The molecule has 1 heterocycles. The Labute approximate surface area is 91.9 Å².